The predicted molar refractivity (Wildman–Crippen MR) is 60.4 cm³/mol. The van der Waals surface area contributed by atoms with Crippen molar-refractivity contribution >= 4 is 0 Å². The topological polar surface area (TPSA) is 15.3 Å². The molecule has 2 heteroatoms. The smallest absolute Gasteiger partial charge is 0.00164 e. The maximum atomic E-state index is 3.52. The van der Waals surface area contributed by atoms with Gasteiger partial charge in [-0.05, 0) is 70.2 Å². The first-order valence-corrected chi connectivity index (χ1v) is 6.12. The lowest BCUT2D eigenvalue weighted by molar-refractivity contribution is 0.0997. The second-order valence-electron chi connectivity index (χ2n) is 5.37. The van der Waals surface area contributed by atoms with E-state index in [0.29, 0.717) is 5.41 Å². The molecule has 0 aliphatic carbocycles. The summed E-state index contributed by atoms with van der Waals surface area (Å²) >= 11 is 0. The predicted octanol–water partition coefficient (Wildman–Crippen LogP) is 1.72. The van der Waals surface area contributed by atoms with Crippen LogP contribution in [-0.2, 0) is 0 Å². The van der Waals surface area contributed by atoms with E-state index in [1.165, 1.54) is 51.9 Å². The van der Waals surface area contributed by atoms with Gasteiger partial charge in [0.15, 0.2) is 0 Å². The fourth-order valence-electron chi connectivity index (χ4n) is 3.21. The van der Waals surface area contributed by atoms with E-state index >= 15 is 0 Å². The zero-order valence-electron chi connectivity index (χ0n) is 9.68. The molecular weight excluding hydrogens is 172 g/mol. The minimum absolute atomic E-state index is 0.677. The maximum absolute atomic E-state index is 3.52. The van der Waals surface area contributed by atoms with Gasteiger partial charge in [0.2, 0.25) is 0 Å². The van der Waals surface area contributed by atoms with E-state index in [1.807, 2.05) is 0 Å². The minimum Gasteiger partial charge on any atom is -0.316 e. The summed E-state index contributed by atoms with van der Waals surface area (Å²) < 4.78 is 0. The van der Waals surface area contributed by atoms with Crippen LogP contribution in [0.2, 0.25) is 0 Å². The fraction of sp³-hybridized carbons (Fsp3) is 1.00. The van der Waals surface area contributed by atoms with Gasteiger partial charge in [-0.25, -0.2) is 0 Å². The lowest BCUT2D eigenvalue weighted by atomic mass is 9.67. The molecule has 2 nitrogen and oxygen atoms in total. The summed E-state index contributed by atoms with van der Waals surface area (Å²) in [7, 11) is 2.27. The van der Waals surface area contributed by atoms with Crippen LogP contribution >= 0.6 is 0 Å². The number of rotatable bonds is 0. The van der Waals surface area contributed by atoms with Crippen LogP contribution in [0.4, 0.5) is 0 Å². The van der Waals surface area contributed by atoms with Gasteiger partial charge in [-0.1, -0.05) is 6.92 Å². The van der Waals surface area contributed by atoms with Crippen molar-refractivity contribution in [3.63, 3.8) is 0 Å². The van der Waals surface area contributed by atoms with E-state index in [-0.39, 0.29) is 0 Å². The fourth-order valence-corrected chi connectivity index (χ4v) is 3.21. The molecule has 2 atom stereocenters. The molecule has 0 amide bonds. The van der Waals surface area contributed by atoms with E-state index in [1.54, 1.807) is 0 Å². The summed E-state index contributed by atoms with van der Waals surface area (Å²) in [5.41, 5.74) is 0.677. The molecule has 2 aliphatic rings. The number of hydrogen-bond donors (Lipinski definition) is 1. The molecule has 2 heterocycles. The zero-order valence-corrected chi connectivity index (χ0v) is 9.68. The van der Waals surface area contributed by atoms with Crippen LogP contribution in [0.15, 0.2) is 0 Å². The Balaban J connectivity index is 2.04. The van der Waals surface area contributed by atoms with Gasteiger partial charge in [-0.2, -0.15) is 0 Å². The van der Waals surface area contributed by atoms with Gasteiger partial charge < -0.3 is 10.2 Å². The van der Waals surface area contributed by atoms with Gasteiger partial charge in [0.25, 0.3) is 0 Å². The van der Waals surface area contributed by atoms with Crippen LogP contribution in [-0.4, -0.2) is 38.1 Å². The van der Waals surface area contributed by atoms with Gasteiger partial charge in [0.1, 0.15) is 0 Å². The van der Waals surface area contributed by atoms with Crippen LogP contribution in [0.25, 0.3) is 0 Å². The summed E-state index contributed by atoms with van der Waals surface area (Å²) in [5, 5.41) is 3.52. The Morgan fingerprint density at radius 2 is 2.07 bits per heavy atom. The van der Waals surface area contributed by atoms with Crippen molar-refractivity contribution in [2.75, 3.05) is 33.2 Å². The zero-order chi connectivity index (χ0) is 10.0. The monoisotopic (exact) mass is 196 g/mol. The first-order valence-electron chi connectivity index (χ1n) is 6.12. The third kappa shape index (κ3) is 1.96. The van der Waals surface area contributed by atoms with Gasteiger partial charge in [-0.3, -0.25) is 0 Å². The van der Waals surface area contributed by atoms with Crippen molar-refractivity contribution < 1.29 is 0 Å². The molecule has 0 aromatic heterocycles. The molecule has 2 aliphatic heterocycles. The first kappa shape index (κ1) is 10.4. The number of nitrogens with zero attached hydrogens (tertiary/aromatic N) is 1. The van der Waals surface area contributed by atoms with Crippen molar-refractivity contribution in [3.05, 3.63) is 0 Å². The molecule has 0 saturated carbocycles. The lowest BCUT2D eigenvalue weighted by Gasteiger charge is -2.42. The Hall–Kier alpha value is -0.0800. The van der Waals surface area contributed by atoms with Crippen molar-refractivity contribution in [1.82, 2.24) is 10.2 Å². The van der Waals surface area contributed by atoms with E-state index in [9.17, 15) is 0 Å². The second kappa shape index (κ2) is 4.19. The average Bonchev–Trinajstić information content (AvgIpc) is 2.36. The molecule has 0 radical (unpaired) electrons. The molecule has 1 N–H and O–H groups in total. The van der Waals surface area contributed by atoms with Crippen LogP contribution in [0.3, 0.4) is 0 Å². The van der Waals surface area contributed by atoms with Crippen molar-refractivity contribution in [1.29, 1.82) is 0 Å². The summed E-state index contributed by atoms with van der Waals surface area (Å²) in [4.78, 5) is 2.50. The SMILES string of the molecule is CC1CNCCC12CCCN(C)CC2. The van der Waals surface area contributed by atoms with Crippen LogP contribution in [0, 0.1) is 11.3 Å². The Morgan fingerprint density at radius 1 is 1.21 bits per heavy atom. The van der Waals surface area contributed by atoms with Gasteiger partial charge >= 0.3 is 0 Å². The van der Waals surface area contributed by atoms with E-state index < -0.39 is 0 Å². The normalized spacial score (nSPS) is 41.1. The highest BCUT2D eigenvalue weighted by molar-refractivity contribution is 4.91. The Labute approximate surface area is 88.1 Å². The van der Waals surface area contributed by atoms with Crippen LogP contribution < -0.4 is 5.32 Å². The van der Waals surface area contributed by atoms with Gasteiger partial charge in [0, 0.05) is 0 Å². The molecule has 1 spiro atoms. The minimum atomic E-state index is 0.677. The molecule has 2 saturated heterocycles. The number of nitrogens with one attached hydrogen (secondary N) is 1. The van der Waals surface area contributed by atoms with Crippen molar-refractivity contribution in [3.8, 4) is 0 Å². The Bertz CT molecular complexity index is 193. The molecule has 2 fully saturated rings. The van der Waals surface area contributed by atoms with E-state index in [2.05, 4.69) is 24.2 Å². The molecule has 0 aromatic rings. The highest BCUT2D eigenvalue weighted by Crippen LogP contribution is 2.42. The average molecular weight is 196 g/mol. The molecule has 82 valence electrons. The Morgan fingerprint density at radius 3 is 2.86 bits per heavy atom. The molecule has 2 rings (SSSR count). The lowest BCUT2D eigenvalue weighted by Crippen LogP contribution is -2.44. The first-order chi connectivity index (χ1) is 6.73. The van der Waals surface area contributed by atoms with E-state index in [0.717, 1.165) is 5.92 Å². The number of likely N-dealkylation sites (tertiary alicyclic amines) is 1. The summed E-state index contributed by atoms with van der Waals surface area (Å²) in [5.74, 6) is 0.878. The van der Waals surface area contributed by atoms with Crippen molar-refractivity contribution in [2.45, 2.75) is 32.6 Å². The summed E-state index contributed by atoms with van der Waals surface area (Å²) in [6.45, 7) is 7.54. The summed E-state index contributed by atoms with van der Waals surface area (Å²) in [6.07, 6.45) is 5.69. The van der Waals surface area contributed by atoms with Crippen LogP contribution in [0.5, 0.6) is 0 Å². The van der Waals surface area contributed by atoms with Crippen LogP contribution in [0.1, 0.15) is 32.6 Å². The maximum Gasteiger partial charge on any atom is -0.00164 e. The quantitative estimate of drug-likeness (QED) is 0.634. The number of hydrogen-bond acceptors (Lipinski definition) is 2. The Kier molecular flexibility index (Phi) is 3.13. The van der Waals surface area contributed by atoms with Crippen molar-refractivity contribution in [2.24, 2.45) is 11.3 Å². The summed E-state index contributed by atoms with van der Waals surface area (Å²) in [6, 6.07) is 0. The highest BCUT2D eigenvalue weighted by Gasteiger charge is 2.38. The highest BCUT2D eigenvalue weighted by atomic mass is 15.1. The van der Waals surface area contributed by atoms with E-state index in [4.69, 9.17) is 0 Å². The standard InChI is InChI=1S/C12H24N2/c1-11-10-13-7-5-12(11)4-3-8-14(2)9-6-12/h11,13H,3-10H2,1-2H3. The molecular formula is C12H24N2. The molecule has 14 heavy (non-hydrogen) atoms. The third-order valence-electron chi connectivity index (χ3n) is 4.50. The third-order valence-corrected chi connectivity index (χ3v) is 4.50. The molecule has 0 bridgehead atoms. The molecule has 0 aromatic carbocycles. The van der Waals surface area contributed by atoms with Gasteiger partial charge in [0.05, 0.1) is 0 Å². The number of piperidine rings is 1. The largest absolute Gasteiger partial charge is 0.316 e. The second-order valence-corrected chi connectivity index (χ2v) is 5.37. The van der Waals surface area contributed by atoms with Gasteiger partial charge in [-0.15, -0.1) is 0 Å². The molecule has 2 unspecified atom stereocenters.